The maximum Gasteiger partial charge on any atom is 0.263 e. The third-order valence-corrected chi connectivity index (χ3v) is 5.06. The Labute approximate surface area is 181 Å². The van der Waals surface area contributed by atoms with Gasteiger partial charge in [0.1, 0.15) is 11.5 Å². The third kappa shape index (κ3) is 4.99. The van der Waals surface area contributed by atoms with E-state index in [2.05, 4.69) is 23.8 Å². The van der Waals surface area contributed by atoms with Gasteiger partial charge in [0, 0.05) is 31.3 Å². The van der Waals surface area contributed by atoms with Crippen LogP contribution in [0.25, 0.3) is 17.1 Å². The number of hydrogen-bond acceptors (Lipinski definition) is 3. The van der Waals surface area contributed by atoms with E-state index >= 15 is 0 Å². The fourth-order valence-corrected chi connectivity index (χ4v) is 3.47. The Balaban J connectivity index is 2.17. The zero-order chi connectivity index (χ0) is 22.4. The number of nitrogens with zero attached hydrogens (tertiary/aromatic N) is 3. The van der Waals surface area contributed by atoms with Crippen LogP contribution in [0.3, 0.4) is 0 Å². The van der Waals surface area contributed by atoms with Crippen molar-refractivity contribution in [3.63, 3.8) is 0 Å². The van der Waals surface area contributed by atoms with Crippen molar-refractivity contribution in [3.8, 4) is 11.4 Å². The van der Waals surface area contributed by atoms with Crippen LogP contribution in [-0.2, 0) is 11.3 Å². The third-order valence-electron chi connectivity index (χ3n) is 5.06. The van der Waals surface area contributed by atoms with E-state index in [0.717, 1.165) is 18.5 Å². The van der Waals surface area contributed by atoms with Crippen LogP contribution in [0.5, 0.6) is 0 Å². The van der Waals surface area contributed by atoms with E-state index in [-0.39, 0.29) is 5.56 Å². The number of carbonyl (C=O) groups excluding carboxylic acids is 1. The maximum atomic E-state index is 13.0. The number of alkyl halides is 2. The molecule has 0 saturated carbocycles. The second kappa shape index (κ2) is 10.0. The van der Waals surface area contributed by atoms with E-state index in [1.807, 2.05) is 46.8 Å². The van der Waals surface area contributed by atoms with Gasteiger partial charge in [-0.25, -0.2) is 13.8 Å². The summed E-state index contributed by atoms with van der Waals surface area (Å²) in [5.41, 5.74) is 3.05. The fraction of sp³-hybridized carbons (Fsp3) is 0.250. The molecule has 0 saturated heterocycles. The molecule has 0 aliphatic rings. The second-order valence-corrected chi connectivity index (χ2v) is 7.26. The Bertz CT molecular complexity index is 1030. The molecule has 2 aromatic carbocycles. The summed E-state index contributed by atoms with van der Waals surface area (Å²) in [5.74, 6) is 0.946. The SMILES string of the molecule is C=C(c1c(NC=O)nc(-c2ccc(C(F)F)cc2)n1Cc1ccccc1)N(C)CCC. The highest BCUT2D eigenvalue weighted by molar-refractivity contribution is 5.81. The molecule has 5 nitrogen and oxygen atoms in total. The lowest BCUT2D eigenvalue weighted by Gasteiger charge is -2.23. The monoisotopic (exact) mass is 424 g/mol. The first kappa shape index (κ1) is 22.2. The standard InChI is InChI=1S/C24H26F2N4O/c1-4-14-29(3)17(2)21-23(27-16-31)28-24(20-12-10-19(11-13-20)22(25)26)30(21)15-18-8-6-5-7-9-18/h5-13,16,22H,2,4,14-15H2,1,3H3,(H,27,31). The van der Waals surface area contributed by atoms with Crippen LogP contribution in [0, 0.1) is 0 Å². The smallest absolute Gasteiger partial charge is 0.263 e. The molecule has 0 fully saturated rings. The summed E-state index contributed by atoms with van der Waals surface area (Å²) in [4.78, 5) is 18.0. The first-order valence-corrected chi connectivity index (χ1v) is 10.1. The molecular formula is C24H26F2N4O. The topological polar surface area (TPSA) is 50.2 Å². The van der Waals surface area contributed by atoms with Gasteiger partial charge in [0.2, 0.25) is 6.41 Å². The van der Waals surface area contributed by atoms with Crippen LogP contribution in [0.1, 0.15) is 36.6 Å². The summed E-state index contributed by atoms with van der Waals surface area (Å²) in [6.07, 6.45) is -1.03. The summed E-state index contributed by atoms with van der Waals surface area (Å²) in [6, 6.07) is 15.9. The molecule has 0 bridgehead atoms. The molecule has 7 heteroatoms. The molecule has 0 aliphatic carbocycles. The molecule has 0 radical (unpaired) electrons. The largest absolute Gasteiger partial charge is 0.373 e. The van der Waals surface area contributed by atoms with E-state index in [4.69, 9.17) is 0 Å². The molecule has 3 aromatic rings. The lowest BCUT2D eigenvalue weighted by atomic mass is 10.1. The Morgan fingerprint density at radius 3 is 2.45 bits per heavy atom. The van der Waals surface area contributed by atoms with Crippen LogP contribution < -0.4 is 5.32 Å². The minimum atomic E-state index is -2.54. The molecule has 0 unspecified atom stereocenters. The summed E-state index contributed by atoms with van der Waals surface area (Å²) in [6.45, 7) is 7.58. The second-order valence-electron chi connectivity index (χ2n) is 7.26. The highest BCUT2D eigenvalue weighted by atomic mass is 19.3. The molecular weight excluding hydrogens is 398 g/mol. The number of anilines is 1. The van der Waals surface area contributed by atoms with Gasteiger partial charge in [0.05, 0.1) is 5.70 Å². The van der Waals surface area contributed by atoms with E-state index in [1.54, 1.807) is 12.1 Å². The minimum Gasteiger partial charge on any atom is -0.373 e. The first-order valence-electron chi connectivity index (χ1n) is 10.1. The Kier molecular flexibility index (Phi) is 7.18. The molecule has 3 rings (SSSR count). The number of rotatable bonds is 10. The van der Waals surface area contributed by atoms with Crippen molar-refractivity contribution >= 4 is 17.9 Å². The number of imidazole rings is 1. The van der Waals surface area contributed by atoms with Crippen LogP contribution in [0.4, 0.5) is 14.6 Å². The number of carbonyl (C=O) groups is 1. The van der Waals surface area contributed by atoms with Crippen molar-refractivity contribution in [1.82, 2.24) is 14.5 Å². The van der Waals surface area contributed by atoms with Gasteiger partial charge in [-0.05, 0) is 12.0 Å². The van der Waals surface area contributed by atoms with Crippen LogP contribution in [0.15, 0.2) is 61.2 Å². The number of aromatic nitrogens is 2. The lowest BCUT2D eigenvalue weighted by molar-refractivity contribution is -0.105. The van der Waals surface area contributed by atoms with E-state index in [9.17, 15) is 13.6 Å². The zero-order valence-electron chi connectivity index (χ0n) is 17.7. The van der Waals surface area contributed by atoms with Crippen molar-refractivity contribution in [3.05, 3.63) is 78.0 Å². The van der Waals surface area contributed by atoms with Crippen molar-refractivity contribution in [2.24, 2.45) is 0 Å². The normalized spacial score (nSPS) is 10.9. The van der Waals surface area contributed by atoms with Gasteiger partial charge in [-0.15, -0.1) is 0 Å². The van der Waals surface area contributed by atoms with Crippen molar-refractivity contribution in [1.29, 1.82) is 0 Å². The molecule has 1 amide bonds. The zero-order valence-corrected chi connectivity index (χ0v) is 17.7. The summed E-state index contributed by atoms with van der Waals surface area (Å²) in [7, 11) is 1.94. The highest BCUT2D eigenvalue weighted by Crippen LogP contribution is 2.33. The average molecular weight is 424 g/mol. The lowest BCUT2D eigenvalue weighted by Crippen LogP contribution is -2.20. The summed E-state index contributed by atoms with van der Waals surface area (Å²) >= 11 is 0. The van der Waals surface area contributed by atoms with Gasteiger partial charge in [-0.1, -0.05) is 68.1 Å². The van der Waals surface area contributed by atoms with Gasteiger partial charge in [-0.2, -0.15) is 0 Å². The molecule has 1 N–H and O–H groups in total. The number of benzene rings is 2. The molecule has 162 valence electrons. The Morgan fingerprint density at radius 2 is 1.87 bits per heavy atom. The molecule has 1 aromatic heterocycles. The Morgan fingerprint density at radius 1 is 1.19 bits per heavy atom. The van der Waals surface area contributed by atoms with Gasteiger partial charge < -0.3 is 14.8 Å². The fourth-order valence-electron chi connectivity index (χ4n) is 3.47. The van der Waals surface area contributed by atoms with Crippen molar-refractivity contribution in [2.75, 3.05) is 18.9 Å². The van der Waals surface area contributed by atoms with Gasteiger partial charge >= 0.3 is 0 Å². The number of nitrogens with one attached hydrogen (secondary N) is 1. The van der Waals surface area contributed by atoms with Crippen molar-refractivity contribution in [2.45, 2.75) is 26.3 Å². The van der Waals surface area contributed by atoms with Crippen LogP contribution in [0.2, 0.25) is 0 Å². The number of hydrogen-bond donors (Lipinski definition) is 1. The van der Waals surface area contributed by atoms with Crippen LogP contribution in [-0.4, -0.2) is 34.5 Å². The number of amides is 1. The van der Waals surface area contributed by atoms with Crippen LogP contribution >= 0.6 is 0 Å². The molecule has 0 aliphatic heterocycles. The molecule has 0 spiro atoms. The molecule has 0 atom stereocenters. The number of halogens is 2. The Hall–Kier alpha value is -3.48. The predicted molar refractivity (Wildman–Crippen MR) is 120 cm³/mol. The predicted octanol–water partition coefficient (Wildman–Crippen LogP) is 5.42. The summed E-state index contributed by atoms with van der Waals surface area (Å²) < 4.78 is 28.0. The van der Waals surface area contributed by atoms with E-state index < -0.39 is 6.43 Å². The quantitative estimate of drug-likeness (QED) is 0.442. The van der Waals surface area contributed by atoms with Gasteiger partial charge in [-0.3, -0.25) is 4.79 Å². The summed E-state index contributed by atoms with van der Waals surface area (Å²) in [5, 5.41) is 2.68. The van der Waals surface area contributed by atoms with E-state index in [0.29, 0.717) is 41.6 Å². The van der Waals surface area contributed by atoms with Gasteiger partial charge in [0.25, 0.3) is 6.43 Å². The first-order chi connectivity index (χ1) is 15.0. The van der Waals surface area contributed by atoms with E-state index in [1.165, 1.54) is 12.1 Å². The average Bonchev–Trinajstić information content (AvgIpc) is 3.12. The molecule has 31 heavy (non-hydrogen) atoms. The highest BCUT2D eigenvalue weighted by Gasteiger charge is 2.23. The van der Waals surface area contributed by atoms with Gasteiger partial charge in [0.15, 0.2) is 5.82 Å². The molecule has 1 heterocycles. The maximum absolute atomic E-state index is 13.0. The van der Waals surface area contributed by atoms with Crippen molar-refractivity contribution < 1.29 is 13.6 Å². The minimum absolute atomic E-state index is 0.0523.